The van der Waals surface area contributed by atoms with Crippen LogP contribution in [0.2, 0.25) is 0 Å². The smallest absolute Gasteiger partial charge is 0.0156 e. The summed E-state index contributed by atoms with van der Waals surface area (Å²) >= 11 is 0. The van der Waals surface area contributed by atoms with Crippen LogP contribution in [0.4, 0.5) is 0 Å². The summed E-state index contributed by atoms with van der Waals surface area (Å²) in [6.45, 7) is 8.51. The summed E-state index contributed by atoms with van der Waals surface area (Å²) < 4.78 is 0. The third-order valence-electron chi connectivity index (χ3n) is 3.43. The fourth-order valence-electron chi connectivity index (χ4n) is 2.48. The van der Waals surface area contributed by atoms with E-state index in [1.807, 2.05) is 0 Å². The van der Waals surface area contributed by atoms with Gasteiger partial charge in [-0.3, -0.25) is 4.90 Å². The second-order valence-corrected chi connectivity index (χ2v) is 4.89. The van der Waals surface area contributed by atoms with Crippen LogP contribution >= 0.6 is 0 Å². The minimum Gasteiger partial charge on any atom is -0.295 e. The van der Waals surface area contributed by atoms with Gasteiger partial charge in [-0.2, -0.15) is 0 Å². The Morgan fingerprint density at radius 2 is 2.00 bits per heavy atom. The van der Waals surface area contributed by atoms with Gasteiger partial charge in [0.2, 0.25) is 0 Å². The van der Waals surface area contributed by atoms with Crippen LogP contribution in [0, 0.1) is 5.92 Å². The molecule has 2 rings (SSSR count). The highest BCUT2D eigenvalue weighted by Crippen LogP contribution is 2.42. The fourth-order valence-corrected chi connectivity index (χ4v) is 2.48. The van der Waals surface area contributed by atoms with Crippen LogP contribution in [0.3, 0.4) is 0 Å². The van der Waals surface area contributed by atoms with E-state index in [1.165, 1.54) is 25.8 Å². The highest BCUT2D eigenvalue weighted by Gasteiger charge is 2.45. The van der Waals surface area contributed by atoms with E-state index in [1.54, 1.807) is 0 Å². The summed E-state index contributed by atoms with van der Waals surface area (Å²) in [5.41, 5.74) is 0.509. The highest BCUT2D eigenvalue weighted by atomic mass is 15.3. The van der Waals surface area contributed by atoms with Gasteiger partial charge in [-0.1, -0.05) is 6.92 Å². The molecule has 1 saturated carbocycles. The van der Waals surface area contributed by atoms with Crippen molar-refractivity contribution in [3.63, 3.8) is 0 Å². The Bertz CT molecular complexity index is 162. The number of nitrogens with zero attached hydrogens (tertiary/aromatic N) is 1. The van der Waals surface area contributed by atoms with Crippen molar-refractivity contribution in [2.45, 2.75) is 51.6 Å². The SMILES string of the molecule is CC1CC1N1CCCC1(C)C. The molecule has 1 heterocycles. The third kappa shape index (κ3) is 1.20. The summed E-state index contributed by atoms with van der Waals surface area (Å²) in [5, 5.41) is 0. The lowest BCUT2D eigenvalue weighted by Crippen LogP contribution is -2.40. The first-order valence-corrected chi connectivity index (χ1v) is 4.88. The molecule has 0 amide bonds. The van der Waals surface area contributed by atoms with E-state index in [-0.39, 0.29) is 0 Å². The molecule has 0 aromatic rings. The van der Waals surface area contributed by atoms with Crippen molar-refractivity contribution in [2.24, 2.45) is 5.92 Å². The normalized spacial score (nSPS) is 42.8. The van der Waals surface area contributed by atoms with Crippen molar-refractivity contribution in [3.05, 3.63) is 0 Å². The van der Waals surface area contributed by atoms with Gasteiger partial charge < -0.3 is 0 Å². The van der Waals surface area contributed by atoms with Gasteiger partial charge >= 0.3 is 0 Å². The molecule has 0 N–H and O–H groups in total. The molecule has 64 valence electrons. The number of hydrogen-bond acceptors (Lipinski definition) is 1. The minimum absolute atomic E-state index is 0.509. The topological polar surface area (TPSA) is 3.24 Å². The molecule has 1 saturated heterocycles. The molecule has 11 heavy (non-hydrogen) atoms. The molecule has 0 aromatic carbocycles. The monoisotopic (exact) mass is 153 g/mol. The maximum absolute atomic E-state index is 2.72. The lowest BCUT2D eigenvalue weighted by Gasteiger charge is -2.31. The summed E-state index contributed by atoms with van der Waals surface area (Å²) in [4.78, 5) is 2.72. The number of hydrogen-bond donors (Lipinski definition) is 0. The second kappa shape index (κ2) is 2.22. The highest BCUT2D eigenvalue weighted by molar-refractivity contribution is 5.00. The van der Waals surface area contributed by atoms with Crippen molar-refractivity contribution in [1.29, 1.82) is 0 Å². The second-order valence-electron chi connectivity index (χ2n) is 4.89. The molecule has 2 fully saturated rings. The molecule has 2 atom stereocenters. The molecule has 0 spiro atoms. The molecule has 0 bridgehead atoms. The van der Waals surface area contributed by atoms with E-state index >= 15 is 0 Å². The first kappa shape index (κ1) is 7.60. The predicted octanol–water partition coefficient (Wildman–Crippen LogP) is 2.27. The molecule has 0 radical (unpaired) electrons. The van der Waals surface area contributed by atoms with E-state index in [2.05, 4.69) is 25.7 Å². The third-order valence-corrected chi connectivity index (χ3v) is 3.43. The van der Waals surface area contributed by atoms with Crippen LogP contribution < -0.4 is 0 Å². The van der Waals surface area contributed by atoms with E-state index in [9.17, 15) is 0 Å². The van der Waals surface area contributed by atoms with Crippen molar-refractivity contribution in [3.8, 4) is 0 Å². The van der Waals surface area contributed by atoms with E-state index < -0.39 is 0 Å². The van der Waals surface area contributed by atoms with Gasteiger partial charge in [-0.25, -0.2) is 0 Å². The molecule has 1 aliphatic heterocycles. The zero-order valence-electron chi connectivity index (χ0n) is 7.93. The maximum Gasteiger partial charge on any atom is 0.0156 e. The van der Waals surface area contributed by atoms with E-state index in [0.717, 1.165) is 12.0 Å². The van der Waals surface area contributed by atoms with Gasteiger partial charge in [0.1, 0.15) is 0 Å². The molecular formula is C10H19N. The van der Waals surface area contributed by atoms with Gasteiger partial charge in [0.25, 0.3) is 0 Å². The first-order chi connectivity index (χ1) is 5.11. The van der Waals surface area contributed by atoms with Gasteiger partial charge in [-0.15, -0.1) is 0 Å². The lowest BCUT2D eigenvalue weighted by atomic mass is 10.0. The van der Waals surface area contributed by atoms with Gasteiger partial charge in [0, 0.05) is 11.6 Å². The Labute approximate surface area is 69.8 Å². The van der Waals surface area contributed by atoms with Gasteiger partial charge in [-0.05, 0) is 45.6 Å². The molecule has 1 aliphatic carbocycles. The zero-order valence-corrected chi connectivity index (χ0v) is 7.93. The molecule has 1 heteroatoms. The molecule has 1 nitrogen and oxygen atoms in total. The molecule has 2 aliphatic rings. The average molecular weight is 153 g/mol. The Kier molecular flexibility index (Phi) is 1.54. The van der Waals surface area contributed by atoms with Crippen molar-refractivity contribution in [1.82, 2.24) is 4.90 Å². The van der Waals surface area contributed by atoms with E-state index in [0.29, 0.717) is 5.54 Å². The molecule has 2 unspecified atom stereocenters. The Morgan fingerprint density at radius 1 is 1.36 bits per heavy atom. The average Bonchev–Trinajstić information content (AvgIpc) is 2.48. The van der Waals surface area contributed by atoms with Crippen molar-refractivity contribution < 1.29 is 0 Å². The van der Waals surface area contributed by atoms with Crippen LogP contribution in [-0.2, 0) is 0 Å². The Morgan fingerprint density at radius 3 is 2.36 bits per heavy atom. The van der Waals surface area contributed by atoms with Gasteiger partial charge in [0.15, 0.2) is 0 Å². The quantitative estimate of drug-likeness (QED) is 0.558. The zero-order chi connectivity index (χ0) is 8.06. The van der Waals surface area contributed by atoms with E-state index in [4.69, 9.17) is 0 Å². The van der Waals surface area contributed by atoms with Crippen LogP contribution in [0.1, 0.15) is 40.0 Å². The van der Waals surface area contributed by atoms with Gasteiger partial charge in [0.05, 0.1) is 0 Å². The number of rotatable bonds is 1. The molecular weight excluding hydrogens is 134 g/mol. The largest absolute Gasteiger partial charge is 0.295 e. The van der Waals surface area contributed by atoms with Crippen LogP contribution in [0.15, 0.2) is 0 Å². The summed E-state index contributed by atoms with van der Waals surface area (Å²) in [6.07, 6.45) is 4.26. The minimum atomic E-state index is 0.509. The Hall–Kier alpha value is -0.0400. The molecule has 0 aromatic heterocycles. The number of likely N-dealkylation sites (tertiary alicyclic amines) is 1. The van der Waals surface area contributed by atoms with Crippen molar-refractivity contribution in [2.75, 3.05) is 6.54 Å². The summed E-state index contributed by atoms with van der Waals surface area (Å²) in [6, 6.07) is 0.937. The first-order valence-electron chi connectivity index (χ1n) is 4.88. The summed E-state index contributed by atoms with van der Waals surface area (Å²) in [5.74, 6) is 0.979. The predicted molar refractivity (Wildman–Crippen MR) is 47.6 cm³/mol. The van der Waals surface area contributed by atoms with Crippen LogP contribution in [-0.4, -0.2) is 23.0 Å². The van der Waals surface area contributed by atoms with Crippen molar-refractivity contribution >= 4 is 0 Å². The van der Waals surface area contributed by atoms with Crippen LogP contribution in [0.5, 0.6) is 0 Å². The Balaban J connectivity index is 2.03. The standard InChI is InChI=1S/C10H19N/c1-8-7-9(8)11-6-4-5-10(11,2)3/h8-9H,4-7H2,1-3H3. The lowest BCUT2D eigenvalue weighted by molar-refractivity contribution is 0.159. The fraction of sp³-hybridized carbons (Fsp3) is 1.00. The maximum atomic E-state index is 2.72. The summed E-state index contributed by atoms with van der Waals surface area (Å²) in [7, 11) is 0. The van der Waals surface area contributed by atoms with Crippen LogP contribution in [0.25, 0.3) is 0 Å².